The third kappa shape index (κ3) is 5.31. The van der Waals surface area contributed by atoms with Crippen LogP contribution in [-0.4, -0.2) is 59.4 Å². The Balaban J connectivity index is 1.89. The number of carbonyl (C=O) groups excluding carboxylic acids is 2. The van der Waals surface area contributed by atoms with E-state index < -0.39 is 11.9 Å². The monoisotopic (exact) mass is 360 g/mol. The lowest BCUT2D eigenvalue weighted by molar-refractivity contribution is -0.147. The molecular formula is C20H28N2O4. The van der Waals surface area contributed by atoms with Crippen molar-refractivity contribution in [3.63, 3.8) is 0 Å². The van der Waals surface area contributed by atoms with Gasteiger partial charge in [0.25, 0.3) is 0 Å². The number of hydrogen-bond acceptors (Lipinski definition) is 3. The topological polar surface area (TPSA) is 77.9 Å². The molecule has 1 N–H and O–H groups in total. The van der Waals surface area contributed by atoms with E-state index in [2.05, 4.69) is 6.92 Å². The van der Waals surface area contributed by atoms with Crippen LogP contribution in [0.3, 0.4) is 0 Å². The predicted molar refractivity (Wildman–Crippen MR) is 98.7 cm³/mol. The van der Waals surface area contributed by atoms with Gasteiger partial charge in [-0.05, 0) is 30.7 Å². The van der Waals surface area contributed by atoms with Gasteiger partial charge in [-0.25, -0.2) is 0 Å². The number of carbonyl (C=O) groups is 3. The van der Waals surface area contributed by atoms with Gasteiger partial charge in [0.05, 0.1) is 12.5 Å². The molecule has 1 saturated heterocycles. The molecule has 0 unspecified atom stereocenters. The van der Waals surface area contributed by atoms with E-state index in [4.69, 9.17) is 5.11 Å². The SMILES string of the molecule is CC[C@H](CC(=O)N(C)CC(=O)N1CCC[C@H](C(=O)O)C1)c1ccccc1. The van der Waals surface area contributed by atoms with Crippen LogP contribution in [0, 0.1) is 5.92 Å². The van der Waals surface area contributed by atoms with Gasteiger partial charge in [-0.3, -0.25) is 14.4 Å². The number of nitrogens with zero attached hydrogens (tertiary/aromatic N) is 2. The molecule has 0 bridgehead atoms. The summed E-state index contributed by atoms with van der Waals surface area (Å²) in [7, 11) is 1.64. The molecule has 1 aliphatic heterocycles. The number of likely N-dealkylation sites (tertiary alicyclic amines) is 1. The fourth-order valence-electron chi connectivity index (χ4n) is 3.39. The third-order valence-electron chi connectivity index (χ3n) is 5.11. The zero-order chi connectivity index (χ0) is 19.1. The number of carboxylic acids is 1. The van der Waals surface area contributed by atoms with Crippen molar-refractivity contribution in [2.24, 2.45) is 5.92 Å². The van der Waals surface area contributed by atoms with Crippen molar-refractivity contribution in [3.05, 3.63) is 35.9 Å². The van der Waals surface area contributed by atoms with Crippen molar-refractivity contribution in [1.29, 1.82) is 0 Å². The van der Waals surface area contributed by atoms with Gasteiger partial charge in [-0.2, -0.15) is 0 Å². The highest BCUT2D eigenvalue weighted by atomic mass is 16.4. The summed E-state index contributed by atoms with van der Waals surface area (Å²) in [5.41, 5.74) is 1.13. The molecule has 142 valence electrons. The standard InChI is InChI=1S/C20H28N2O4/c1-3-15(16-8-5-4-6-9-16)12-18(23)21(2)14-19(24)22-11-7-10-17(13-22)20(25)26/h4-6,8-9,15,17H,3,7,10-14H2,1-2H3,(H,25,26)/t15-,17+/m1/s1. The molecule has 2 atom stereocenters. The summed E-state index contributed by atoms with van der Waals surface area (Å²) in [6.45, 7) is 2.84. The van der Waals surface area contributed by atoms with Crippen LogP contribution in [0.1, 0.15) is 44.1 Å². The Morgan fingerprint density at radius 2 is 1.96 bits per heavy atom. The molecule has 26 heavy (non-hydrogen) atoms. The van der Waals surface area contributed by atoms with Crippen LogP contribution in [-0.2, 0) is 14.4 Å². The highest BCUT2D eigenvalue weighted by Crippen LogP contribution is 2.24. The maximum absolute atomic E-state index is 12.5. The van der Waals surface area contributed by atoms with Gasteiger partial charge in [0.1, 0.15) is 0 Å². The quantitative estimate of drug-likeness (QED) is 0.810. The van der Waals surface area contributed by atoms with Crippen molar-refractivity contribution in [1.82, 2.24) is 9.80 Å². The van der Waals surface area contributed by atoms with Crippen LogP contribution in [0.15, 0.2) is 30.3 Å². The number of carboxylic acid groups (broad SMARTS) is 1. The minimum absolute atomic E-state index is 0.00358. The van der Waals surface area contributed by atoms with Gasteiger partial charge >= 0.3 is 5.97 Å². The van der Waals surface area contributed by atoms with E-state index in [9.17, 15) is 14.4 Å². The lowest BCUT2D eigenvalue weighted by Crippen LogP contribution is -2.47. The Morgan fingerprint density at radius 3 is 2.58 bits per heavy atom. The molecule has 1 fully saturated rings. The summed E-state index contributed by atoms with van der Waals surface area (Å²) < 4.78 is 0. The largest absolute Gasteiger partial charge is 0.481 e. The molecule has 0 spiro atoms. The van der Waals surface area contributed by atoms with Crippen LogP contribution in [0.5, 0.6) is 0 Å². The molecule has 1 aromatic carbocycles. The summed E-state index contributed by atoms with van der Waals surface area (Å²) in [5, 5.41) is 9.14. The van der Waals surface area contributed by atoms with E-state index in [-0.39, 0.29) is 30.8 Å². The van der Waals surface area contributed by atoms with Gasteiger partial charge in [0, 0.05) is 26.6 Å². The normalized spacial score (nSPS) is 18.2. The summed E-state index contributed by atoms with van der Waals surface area (Å²) in [4.78, 5) is 39.1. The first-order valence-corrected chi connectivity index (χ1v) is 9.21. The Hall–Kier alpha value is -2.37. The van der Waals surface area contributed by atoms with Crippen LogP contribution in [0.4, 0.5) is 0 Å². The van der Waals surface area contributed by atoms with Gasteiger partial charge in [-0.15, -0.1) is 0 Å². The summed E-state index contributed by atoms with van der Waals surface area (Å²) >= 11 is 0. The van der Waals surface area contributed by atoms with E-state index in [0.29, 0.717) is 25.8 Å². The number of benzene rings is 1. The highest BCUT2D eigenvalue weighted by molar-refractivity contribution is 5.85. The lowest BCUT2D eigenvalue weighted by atomic mass is 9.93. The average molecular weight is 360 g/mol. The summed E-state index contributed by atoms with van der Waals surface area (Å²) in [6, 6.07) is 9.92. The average Bonchev–Trinajstić information content (AvgIpc) is 2.66. The van der Waals surface area contributed by atoms with Gasteiger partial charge in [0.2, 0.25) is 11.8 Å². The number of likely N-dealkylation sites (N-methyl/N-ethyl adjacent to an activating group) is 1. The first-order chi connectivity index (χ1) is 12.4. The van der Waals surface area contributed by atoms with E-state index in [1.807, 2.05) is 30.3 Å². The second kappa shape index (κ2) is 9.36. The summed E-state index contributed by atoms with van der Waals surface area (Å²) in [6.07, 6.45) is 2.50. The predicted octanol–water partition coefficient (Wildman–Crippen LogP) is 2.35. The molecule has 0 saturated carbocycles. The Labute approximate surface area is 154 Å². The molecule has 2 rings (SSSR count). The number of piperidine rings is 1. The molecular weight excluding hydrogens is 332 g/mol. The fraction of sp³-hybridized carbons (Fsp3) is 0.550. The van der Waals surface area contributed by atoms with Crippen LogP contribution < -0.4 is 0 Å². The smallest absolute Gasteiger partial charge is 0.308 e. The molecule has 0 aliphatic carbocycles. The maximum atomic E-state index is 12.5. The van der Waals surface area contributed by atoms with Crippen LogP contribution in [0.25, 0.3) is 0 Å². The van der Waals surface area contributed by atoms with Crippen molar-refractivity contribution < 1.29 is 19.5 Å². The molecule has 6 heteroatoms. The minimum atomic E-state index is -0.861. The third-order valence-corrected chi connectivity index (χ3v) is 5.11. The van der Waals surface area contributed by atoms with Crippen molar-refractivity contribution in [2.75, 3.05) is 26.7 Å². The van der Waals surface area contributed by atoms with Gasteiger partial charge < -0.3 is 14.9 Å². The second-order valence-electron chi connectivity index (χ2n) is 6.99. The first-order valence-electron chi connectivity index (χ1n) is 9.21. The van der Waals surface area contributed by atoms with Crippen LogP contribution >= 0.6 is 0 Å². The molecule has 1 aromatic rings. The Morgan fingerprint density at radius 1 is 1.27 bits per heavy atom. The fourth-order valence-corrected chi connectivity index (χ4v) is 3.39. The zero-order valence-corrected chi connectivity index (χ0v) is 15.6. The van der Waals surface area contributed by atoms with Crippen molar-refractivity contribution in [2.45, 2.75) is 38.5 Å². The van der Waals surface area contributed by atoms with E-state index in [1.165, 1.54) is 4.90 Å². The molecule has 0 radical (unpaired) electrons. The van der Waals surface area contributed by atoms with Crippen molar-refractivity contribution >= 4 is 17.8 Å². The number of aliphatic carboxylic acids is 1. The minimum Gasteiger partial charge on any atom is -0.481 e. The van der Waals surface area contributed by atoms with Crippen molar-refractivity contribution in [3.8, 4) is 0 Å². The first kappa shape index (κ1) is 19.9. The maximum Gasteiger partial charge on any atom is 0.308 e. The molecule has 1 aliphatic rings. The Kier molecular flexibility index (Phi) is 7.18. The van der Waals surface area contributed by atoms with E-state index >= 15 is 0 Å². The Bertz CT molecular complexity index is 632. The second-order valence-corrected chi connectivity index (χ2v) is 6.99. The highest BCUT2D eigenvalue weighted by Gasteiger charge is 2.29. The van der Waals surface area contributed by atoms with Gasteiger partial charge in [0.15, 0.2) is 0 Å². The number of rotatable bonds is 7. The summed E-state index contributed by atoms with van der Waals surface area (Å²) in [5.74, 6) is -1.48. The number of amides is 2. The lowest BCUT2D eigenvalue weighted by Gasteiger charge is -2.32. The number of hydrogen-bond donors (Lipinski definition) is 1. The molecule has 0 aromatic heterocycles. The van der Waals surface area contributed by atoms with Gasteiger partial charge in [-0.1, -0.05) is 37.3 Å². The zero-order valence-electron chi connectivity index (χ0n) is 15.6. The van der Waals surface area contributed by atoms with Crippen LogP contribution in [0.2, 0.25) is 0 Å². The molecule has 1 heterocycles. The molecule has 6 nitrogen and oxygen atoms in total. The van der Waals surface area contributed by atoms with E-state index in [1.54, 1.807) is 11.9 Å². The molecule has 2 amide bonds. The van der Waals surface area contributed by atoms with E-state index in [0.717, 1.165) is 12.0 Å².